The van der Waals surface area contributed by atoms with Crippen molar-refractivity contribution in [2.75, 3.05) is 26.6 Å². The Kier molecular flexibility index (Phi) is 5.41. The number of urea groups is 1. The van der Waals surface area contributed by atoms with Gasteiger partial charge in [-0.2, -0.15) is 0 Å². The van der Waals surface area contributed by atoms with Gasteiger partial charge in [0.05, 0.1) is 31.5 Å². The fourth-order valence-electron chi connectivity index (χ4n) is 2.07. The van der Waals surface area contributed by atoms with Gasteiger partial charge in [-0.05, 0) is 25.1 Å². The number of hydrogen-bond donors (Lipinski definition) is 1. The van der Waals surface area contributed by atoms with E-state index in [0.717, 1.165) is 0 Å². The topological polar surface area (TPSA) is 93.9 Å². The highest BCUT2D eigenvalue weighted by Crippen LogP contribution is 2.27. The molecule has 0 aliphatic heterocycles. The van der Waals surface area contributed by atoms with Gasteiger partial charge in [0, 0.05) is 13.1 Å². The number of rotatable bonds is 5. The number of benzene rings is 1. The highest BCUT2D eigenvalue weighted by atomic mass is 16.5. The smallest absolute Gasteiger partial charge is 0.337 e. The van der Waals surface area contributed by atoms with E-state index in [1.54, 1.807) is 25.2 Å². The molecule has 128 valence electrons. The number of esters is 1. The molecule has 24 heavy (non-hydrogen) atoms. The van der Waals surface area contributed by atoms with Crippen LogP contribution in [0.4, 0.5) is 10.5 Å². The van der Waals surface area contributed by atoms with Gasteiger partial charge in [-0.3, -0.25) is 0 Å². The van der Waals surface area contributed by atoms with Gasteiger partial charge in [0.1, 0.15) is 17.7 Å². The quantitative estimate of drug-likeness (QED) is 0.846. The maximum atomic E-state index is 12.5. The summed E-state index contributed by atoms with van der Waals surface area (Å²) in [5, 5.41) is 6.55. The monoisotopic (exact) mass is 333 g/mol. The molecule has 0 unspecified atom stereocenters. The van der Waals surface area contributed by atoms with Crippen molar-refractivity contribution in [3.63, 3.8) is 0 Å². The van der Waals surface area contributed by atoms with Crippen molar-refractivity contribution in [3.8, 4) is 5.75 Å². The van der Waals surface area contributed by atoms with Crippen molar-refractivity contribution in [3.05, 3.63) is 41.8 Å². The fraction of sp³-hybridized carbons (Fsp3) is 0.312. The Morgan fingerprint density at radius 2 is 2.04 bits per heavy atom. The van der Waals surface area contributed by atoms with Gasteiger partial charge < -0.3 is 24.2 Å². The third kappa shape index (κ3) is 3.65. The molecular formula is C16H19N3O5. The molecule has 2 aromatic rings. The van der Waals surface area contributed by atoms with Gasteiger partial charge in [0.15, 0.2) is 0 Å². The molecule has 0 saturated carbocycles. The van der Waals surface area contributed by atoms with E-state index in [-0.39, 0.29) is 12.1 Å². The van der Waals surface area contributed by atoms with Gasteiger partial charge >= 0.3 is 12.0 Å². The van der Waals surface area contributed by atoms with Gasteiger partial charge in [-0.1, -0.05) is 5.16 Å². The second-order valence-corrected chi connectivity index (χ2v) is 5.05. The van der Waals surface area contributed by atoms with Crippen LogP contribution in [-0.2, 0) is 4.74 Å². The summed E-state index contributed by atoms with van der Waals surface area (Å²) < 4.78 is 14.7. The second-order valence-electron chi connectivity index (χ2n) is 5.05. The molecule has 8 nitrogen and oxygen atoms in total. The van der Waals surface area contributed by atoms with Crippen LogP contribution < -0.4 is 10.1 Å². The minimum Gasteiger partial charge on any atom is -0.495 e. The molecule has 8 heteroatoms. The summed E-state index contributed by atoms with van der Waals surface area (Å²) in [7, 11) is 4.40. The lowest BCUT2D eigenvalue weighted by Gasteiger charge is -2.24. The predicted molar refractivity (Wildman–Crippen MR) is 86.0 cm³/mol. The van der Waals surface area contributed by atoms with Crippen molar-refractivity contribution >= 4 is 17.7 Å². The third-order valence-electron chi connectivity index (χ3n) is 3.65. The number of ether oxygens (including phenoxy) is 2. The molecule has 2 rings (SSSR count). The highest BCUT2D eigenvalue weighted by Gasteiger charge is 2.21. The lowest BCUT2D eigenvalue weighted by molar-refractivity contribution is 0.0600. The Morgan fingerprint density at radius 1 is 1.29 bits per heavy atom. The molecule has 0 radical (unpaired) electrons. The normalized spacial score (nSPS) is 11.5. The first kappa shape index (κ1) is 17.3. The van der Waals surface area contributed by atoms with Crippen LogP contribution in [0.3, 0.4) is 0 Å². The fourth-order valence-corrected chi connectivity index (χ4v) is 2.07. The molecule has 0 spiro atoms. The van der Waals surface area contributed by atoms with Crippen molar-refractivity contribution < 1.29 is 23.6 Å². The van der Waals surface area contributed by atoms with E-state index >= 15 is 0 Å². The van der Waals surface area contributed by atoms with Crippen molar-refractivity contribution in [1.82, 2.24) is 10.1 Å². The van der Waals surface area contributed by atoms with Crippen LogP contribution in [0.5, 0.6) is 5.75 Å². The zero-order chi connectivity index (χ0) is 17.7. The number of nitrogens with one attached hydrogen (secondary N) is 1. The van der Waals surface area contributed by atoms with Crippen molar-refractivity contribution in [2.24, 2.45) is 0 Å². The SMILES string of the molecule is COC(=O)c1ccc(OC)c(NC(=O)N(C)[C@H](C)c2ccon2)c1. The first-order valence-corrected chi connectivity index (χ1v) is 7.18. The highest BCUT2D eigenvalue weighted by molar-refractivity contribution is 5.95. The molecule has 1 aromatic carbocycles. The first-order valence-electron chi connectivity index (χ1n) is 7.18. The van der Waals surface area contributed by atoms with Crippen LogP contribution >= 0.6 is 0 Å². The molecule has 1 aromatic heterocycles. The molecule has 0 saturated heterocycles. The standard InChI is InChI=1S/C16H19N3O5/c1-10(12-7-8-24-18-12)19(2)16(21)17-13-9-11(15(20)23-4)5-6-14(13)22-3/h5-10H,1-4H3,(H,17,21)/t10-/m1/s1. The van der Waals surface area contributed by atoms with E-state index in [2.05, 4.69) is 15.2 Å². The van der Waals surface area contributed by atoms with Crippen LogP contribution in [0.25, 0.3) is 0 Å². The molecular weight excluding hydrogens is 314 g/mol. The average Bonchev–Trinajstić information content (AvgIpc) is 3.14. The van der Waals surface area contributed by atoms with Crippen molar-refractivity contribution in [1.29, 1.82) is 0 Å². The van der Waals surface area contributed by atoms with Crippen LogP contribution in [-0.4, -0.2) is 43.3 Å². The lowest BCUT2D eigenvalue weighted by atomic mass is 10.2. The zero-order valence-corrected chi connectivity index (χ0v) is 13.9. The van der Waals surface area contributed by atoms with Crippen LogP contribution in [0.15, 0.2) is 35.1 Å². The Balaban J connectivity index is 2.19. The number of aromatic nitrogens is 1. The molecule has 2 amide bonds. The van der Waals surface area contributed by atoms with E-state index < -0.39 is 5.97 Å². The summed E-state index contributed by atoms with van der Waals surface area (Å²) >= 11 is 0. The number of carbonyl (C=O) groups is 2. The number of anilines is 1. The summed E-state index contributed by atoms with van der Waals surface area (Å²) in [5.74, 6) is -0.0732. The molecule has 1 heterocycles. The third-order valence-corrected chi connectivity index (χ3v) is 3.65. The minimum absolute atomic E-state index is 0.293. The van der Waals surface area contributed by atoms with E-state index in [4.69, 9.17) is 9.26 Å². The maximum absolute atomic E-state index is 12.5. The predicted octanol–water partition coefficient (Wildman–Crippen LogP) is 2.69. The van der Waals surface area contributed by atoms with Crippen LogP contribution in [0.1, 0.15) is 29.0 Å². The van der Waals surface area contributed by atoms with E-state index in [0.29, 0.717) is 22.7 Å². The average molecular weight is 333 g/mol. The second kappa shape index (κ2) is 7.49. The molecule has 1 atom stereocenters. The number of nitrogens with zero attached hydrogens (tertiary/aromatic N) is 2. The maximum Gasteiger partial charge on any atom is 0.337 e. The van der Waals surface area contributed by atoms with E-state index in [1.165, 1.54) is 31.4 Å². The Labute approximate surface area is 139 Å². The zero-order valence-electron chi connectivity index (χ0n) is 13.9. The largest absolute Gasteiger partial charge is 0.495 e. The Bertz CT molecular complexity index is 715. The lowest BCUT2D eigenvalue weighted by Crippen LogP contribution is -2.33. The molecule has 1 N–H and O–H groups in total. The molecule has 0 fully saturated rings. The van der Waals surface area contributed by atoms with Gasteiger partial charge in [-0.15, -0.1) is 0 Å². The number of carbonyl (C=O) groups excluding carboxylic acids is 2. The van der Waals surface area contributed by atoms with Gasteiger partial charge in [-0.25, -0.2) is 9.59 Å². The number of methoxy groups -OCH3 is 2. The number of amides is 2. The number of hydrogen-bond acceptors (Lipinski definition) is 6. The Hall–Kier alpha value is -3.03. The molecule has 0 aliphatic rings. The van der Waals surface area contributed by atoms with Crippen LogP contribution in [0, 0.1) is 0 Å². The molecule has 0 aliphatic carbocycles. The first-order chi connectivity index (χ1) is 11.5. The van der Waals surface area contributed by atoms with Crippen molar-refractivity contribution in [2.45, 2.75) is 13.0 Å². The summed E-state index contributed by atoms with van der Waals surface area (Å²) in [4.78, 5) is 25.6. The summed E-state index contributed by atoms with van der Waals surface area (Å²) in [6, 6.07) is 5.65. The van der Waals surface area contributed by atoms with Gasteiger partial charge in [0.25, 0.3) is 0 Å². The minimum atomic E-state index is -0.502. The Morgan fingerprint density at radius 3 is 2.62 bits per heavy atom. The van der Waals surface area contributed by atoms with E-state index in [1.807, 2.05) is 6.92 Å². The summed E-state index contributed by atoms with van der Waals surface area (Å²) in [6.45, 7) is 1.82. The van der Waals surface area contributed by atoms with Gasteiger partial charge in [0.2, 0.25) is 0 Å². The summed E-state index contributed by atoms with van der Waals surface area (Å²) in [5.41, 5.74) is 1.30. The van der Waals surface area contributed by atoms with E-state index in [9.17, 15) is 9.59 Å². The molecule has 0 bridgehead atoms. The summed E-state index contributed by atoms with van der Waals surface area (Å²) in [6.07, 6.45) is 1.44. The van der Waals surface area contributed by atoms with Crippen LogP contribution in [0.2, 0.25) is 0 Å².